The van der Waals surface area contributed by atoms with Crippen molar-refractivity contribution < 1.29 is 4.74 Å². The molecule has 0 bridgehead atoms. The fourth-order valence-corrected chi connectivity index (χ4v) is 1.82. The van der Waals surface area contributed by atoms with E-state index < -0.39 is 0 Å². The molecule has 0 saturated heterocycles. The second-order valence-corrected chi connectivity index (χ2v) is 4.64. The van der Waals surface area contributed by atoms with Crippen molar-refractivity contribution in [3.63, 3.8) is 0 Å². The molecule has 8 heteroatoms. The van der Waals surface area contributed by atoms with Crippen LogP contribution in [-0.4, -0.2) is 34.1 Å². The van der Waals surface area contributed by atoms with Crippen molar-refractivity contribution in [2.45, 2.75) is 0 Å². The van der Waals surface area contributed by atoms with Gasteiger partial charge in [-0.25, -0.2) is 0 Å². The number of hydrogen-bond donors (Lipinski definition) is 1. The maximum Gasteiger partial charge on any atom is 0.322 e. The molecule has 1 aromatic heterocycles. The minimum Gasteiger partial charge on any atom is -0.467 e. The zero-order valence-corrected chi connectivity index (χ0v) is 12.4. The number of aromatic nitrogens is 3. The van der Waals surface area contributed by atoms with Crippen LogP contribution in [-0.2, 0) is 0 Å². The number of hydrogen-bond acceptors (Lipinski definition) is 6. The fourth-order valence-electron chi connectivity index (χ4n) is 1.55. The second kappa shape index (κ2) is 5.98. The van der Waals surface area contributed by atoms with Crippen LogP contribution in [0.5, 0.6) is 6.01 Å². The Kier molecular flexibility index (Phi) is 4.31. The summed E-state index contributed by atoms with van der Waals surface area (Å²) in [5.74, 6) is 0.363. The lowest BCUT2D eigenvalue weighted by atomic mass is 10.2. The summed E-state index contributed by atoms with van der Waals surface area (Å²) < 4.78 is 4.97. The molecule has 0 saturated carbocycles. The molecule has 2 rings (SSSR count). The topological polar surface area (TPSA) is 77.2 Å². The molecule has 2 aromatic rings. The van der Waals surface area contributed by atoms with Crippen LogP contribution in [0.4, 0.5) is 11.6 Å². The Morgan fingerprint density at radius 3 is 2.75 bits per heavy atom. The minimum atomic E-state index is 0.0594. The zero-order valence-electron chi connectivity index (χ0n) is 10.9. The van der Waals surface area contributed by atoms with E-state index in [-0.39, 0.29) is 11.3 Å². The standard InChI is InChI=1S/C12H12ClN5OS/c1-18(8-5-3-4-7(6-8)9(14)20)11-15-10(13)16-12(17-11)19-2/h3-6H,1-2H3,(H2,14,20). The second-order valence-electron chi connectivity index (χ2n) is 3.86. The Bertz CT molecular complexity index is 651. The molecule has 0 atom stereocenters. The van der Waals surface area contributed by atoms with Crippen molar-refractivity contribution in [3.05, 3.63) is 35.1 Å². The molecule has 0 aliphatic carbocycles. The Labute approximate surface area is 126 Å². The minimum absolute atomic E-state index is 0.0594. The Morgan fingerprint density at radius 1 is 1.35 bits per heavy atom. The number of ether oxygens (including phenoxy) is 1. The fraction of sp³-hybridized carbons (Fsp3) is 0.167. The van der Waals surface area contributed by atoms with E-state index >= 15 is 0 Å². The molecule has 0 aliphatic heterocycles. The van der Waals surface area contributed by atoms with Crippen LogP contribution in [0, 0.1) is 0 Å². The highest BCUT2D eigenvalue weighted by Gasteiger charge is 2.12. The van der Waals surface area contributed by atoms with E-state index in [4.69, 9.17) is 34.3 Å². The summed E-state index contributed by atoms with van der Waals surface area (Å²) in [4.78, 5) is 14.1. The van der Waals surface area contributed by atoms with Crippen LogP contribution in [0.25, 0.3) is 0 Å². The SMILES string of the molecule is COc1nc(Cl)nc(N(C)c2cccc(C(N)=S)c2)n1. The van der Waals surface area contributed by atoms with Gasteiger partial charge in [0.05, 0.1) is 7.11 Å². The Morgan fingerprint density at radius 2 is 2.10 bits per heavy atom. The number of benzene rings is 1. The molecule has 20 heavy (non-hydrogen) atoms. The predicted molar refractivity (Wildman–Crippen MR) is 81.8 cm³/mol. The summed E-state index contributed by atoms with van der Waals surface area (Å²) in [6.07, 6.45) is 0. The smallest absolute Gasteiger partial charge is 0.322 e. The monoisotopic (exact) mass is 309 g/mol. The van der Waals surface area contributed by atoms with E-state index in [2.05, 4.69) is 15.0 Å². The van der Waals surface area contributed by atoms with Gasteiger partial charge in [0.1, 0.15) is 4.99 Å². The van der Waals surface area contributed by atoms with Gasteiger partial charge in [0.25, 0.3) is 0 Å². The van der Waals surface area contributed by atoms with Crippen molar-refractivity contribution in [3.8, 4) is 6.01 Å². The van der Waals surface area contributed by atoms with Crippen LogP contribution in [0.15, 0.2) is 24.3 Å². The number of rotatable bonds is 4. The van der Waals surface area contributed by atoms with E-state index in [1.807, 2.05) is 24.3 Å². The van der Waals surface area contributed by atoms with E-state index in [1.54, 1.807) is 11.9 Å². The zero-order chi connectivity index (χ0) is 14.7. The molecule has 0 fully saturated rings. The van der Waals surface area contributed by atoms with Gasteiger partial charge < -0.3 is 15.4 Å². The van der Waals surface area contributed by atoms with Crippen molar-refractivity contribution >= 4 is 40.4 Å². The molecule has 0 aliphatic rings. The molecule has 0 spiro atoms. The number of methoxy groups -OCH3 is 1. The van der Waals surface area contributed by atoms with Gasteiger partial charge in [-0.2, -0.15) is 15.0 Å². The van der Waals surface area contributed by atoms with Gasteiger partial charge in [-0.3, -0.25) is 0 Å². The summed E-state index contributed by atoms with van der Waals surface area (Å²) in [5, 5.41) is 0.0594. The van der Waals surface area contributed by atoms with E-state index in [0.29, 0.717) is 10.9 Å². The first-order chi connectivity index (χ1) is 9.51. The number of nitrogens with zero attached hydrogens (tertiary/aromatic N) is 4. The number of halogens is 1. The van der Waals surface area contributed by atoms with Crippen LogP contribution >= 0.6 is 23.8 Å². The average Bonchev–Trinajstić information content (AvgIpc) is 2.45. The average molecular weight is 310 g/mol. The van der Waals surface area contributed by atoms with Gasteiger partial charge in [0.15, 0.2) is 0 Å². The van der Waals surface area contributed by atoms with E-state index in [1.165, 1.54) is 7.11 Å². The first-order valence-electron chi connectivity index (χ1n) is 5.60. The Hall–Kier alpha value is -1.99. The molecule has 0 amide bonds. The molecular weight excluding hydrogens is 298 g/mol. The maximum atomic E-state index is 5.83. The van der Waals surface area contributed by atoms with Crippen molar-refractivity contribution in [2.24, 2.45) is 5.73 Å². The Balaban J connectivity index is 2.40. The summed E-state index contributed by atoms with van der Waals surface area (Å²) in [6, 6.07) is 7.55. The van der Waals surface area contributed by atoms with Gasteiger partial charge in [-0.1, -0.05) is 24.4 Å². The molecule has 1 aromatic carbocycles. The highest BCUT2D eigenvalue weighted by Crippen LogP contribution is 2.23. The van der Waals surface area contributed by atoms with Gasteiger partial charge in [-0.05, 0) is 23.7 Å². The van der Waals surface area contributed by atoms with E-state index in [0.717, 1.165) is 11.3 Å². The molecule has 0 radical (unpaired) electrons. The first-order valence-corrected chi connectivity index (χ1v) is 6.39. The van der Waals surface area contributed by atoms with Crippen LogP contribution in [0.3, 0.4) is 0 Å². The normalized spacial score (nSPS) is 10.2. The van der Waals surface area contributed by atoms with E-state index in [9.17, 15) is 0 Å². The predicted octanol–water partition coefficient (Wildman–Crippen LogP) is 1.94. The first kappa shape index (κ1) is 14.4. The molecule has 6 nitrogen and oxygen atoms in total. The lowest BCUT2D eigenvalue weighted by Gasteiger charge is -2.18. The third kappa shape index (κ3) is 3.12. The van der Waals surface area contributed by atoms with Crippen molar-refractivity contribution in [1.29, 1.82) is 0 Å². The lowest BCUT2D eigenvalue weighted by Crippen LogP contribution is -2.16. The highest BCUT2D eigenvalue weighted by atomic mass is 35.5. The number of thiocarbonyl (C=S) groups is 1. The summed E-state index contributed by atoms with van der Waals surface area (Å²) in [6.45, 7) is 0. The van der Waals surface area contributed by atoms with Gasteiger partial charge in [0.2, 0.25) is 11.2 Å². The summed E-state index contributed by atoms with van der Waals surface area (Å²) >= 11 is 10.8. The van der Waals surface area contributed by atoms with Gasteiger partial charge >= 0.3 is 6.01 Å². The molecular formula is C12H12ClN5OS. The van der Waals surface area contributed by atoms with Crippen molar-refractivity contribution in [1.82, 2.24) is 15.0 Å². The molecule has 0 unspecified atom stereocenters. The third-order valence-electron chi connectivity index (χ3n) is 2.58. The van der Waals surface area contributed by atoms with Crippen LogP contribution in [0.1, 0.15) is 5.56 Å². The molecule has 104 valence electrons. The van der Waals surface area contributed by atoms with Crippen LogP contribution in [0.2, 0.25) is 5.28 Å². The maximum absolute atomic E-state index is 5.83. The largest absolute Gasteiger partial charge is 0.467 e. The number of anilines is 2. The van der Waals surface area contributed by atoms with Crippen molar-refractivity contribution in [2.75, 3.05) is 19.1 Å². The summed E-state index contributed by atoms with van der Waals surface area (Å²) in [5.41, 5.74) is 7.20. The third-order valence-corrected chi connectivity index (χ3v) is 2.98. The quantitative estimate of drug-likeness (QED) is 0.865. The summed E-state index contributed by atoms with van der Waals surface area (Å²) in [7, 11) is 3.26. The molecule has 2 N–H and O–H groups in total. The van der Waals surface area contributed by atoms with Crippen LogP contribution < -0.4 is 15.4 Å². The lowest BCUT2D eigenvalue weighted by molar-refractivity contribution is 0.378. The number of nitrogens with two attached hydrogens (primary N) is 1. The van der Waals surface area contributed by atoms with Gasteiger partial charge in [-0.15, -0.1) is 0 Å². The molecule has 1 heterocycles. The highest BCUT2D eigenvalue weighted by molar-refractivity contribution is 7.80. The van der Waals surface area contributed by atoms with Gasteiger partial charge in [0, 0.05) is 18.3 Å².